The number of carbonyl (C=O) groups is 1. The van der Waals surface area contributed by atoms with Crippen LogP contribution in [-0.4, -0.2) is 31.0 Å². The highest BCUT2D eigenvalue weighted by molar-refractivity contribution is 8.01. The van der Waals surface area contributed by atoms with Crippen LogP contribution in [0.5, 0.6) is 0 Å². The second-order valence-corrected chi connectivity index (χ2v) is 4.51. The first-order valence-electron chi connectivity index (χ1n) is 3.52. The molecule has 2 saturated heterocycles. The topological polar surface area (TPSA) is 37.4 Å². The monoisotopic (exact) mass is 201 g/mol. The van der Waals surface area contributed by atoms with E-state index < -0.39 is 0 Å². The molecule has 0 spiro atoms. The Morgan fingerprint density at radius 2 is 2.42 bits per heavy atom. The highest BCUT2D eigenvalue weighted by atomic mass is 32.2. The van der Waals surface area contributed by atoms with Crippen LogP contribution in [0, 0.1) is 0 Å². The molecule has 2 aliphatic rings. The molecule has 3 nitrogen and oxygen atoms in total. The van der Waals surface area contributed by atoms with E-state index in [9.17, 15) is 9.00 Å². The Labute approximate surface area is 77.9 Å². The fraction of sp³-hybridized carbons (Fsp3) is 0.429. The van der Waals surface area contributed by atoms with Crippen LogP contribution < -0.4 is 0 Å². The summed E-state index contributed by atoms with van der Waals surface area (Å²) in [6, 6.07) is 0. The minimum Gasteiger partial charge on any atom is -0.299 e. The molecular weight excluding hydrogens is 194 g/mol. The third-order valence-electron chi connectivity index (χ3n) is 2.03. The number of hydrogen-bond acceptors (Lipinski definition) is 3. The van der Waals surface area contributed by atoms with Gasteiger partial charge in [0.2, 0.25) is 5.91 Å². The second kappa shape index (κ2) is 2.74. The zero-order valence-corrected chi connectivity index (χ0v) is 7.91. The summed E-state index contributed by atoms with van der Waals surface area (Å²) >= 11 is 2.09. The van der Waals surface area contributed by atoms with E-state index in [1.807, 2.05) is 0 Å². The van der Waals surface area contributed by atoms with Crippen molar-refractivity contribution in [1.29, 1.82) is 0 Å². The van der Waals surface area contributed by atoms with E-state index in [1.165, 1.54) is 0 Å². The molecule has 1 atom stereocenters. The van der Waals surface area contributed by atoms with Crippen molar-refractivity contribution in [2.45, 2.75) is 11.8 Å². The van der Waals surface area contributed by atoms with Crippen LogP contribution in [0.1, 0.15) is 6.42 Å². The maximum Gasteiger partial charge on any atom is 0.230 e. The largest absolute Gasteiger partial charge is 0.299 e. The molecule has 64 valence electrons. The molecule has 2 rings (SSSR count). The fourth-order valence-corrected chi connectivity index (χ4v) is 3.06. The number of hydrogen-bond donors (Lipinski definition) is 0. The second-order valence-electron chi connectivity index (χ2n) is 2.69. The van der Waals surface area contributed by atoms with Crippen molar-refractivity contribution in [3.8, 4) is 0 Å². The van der Waals surface area contributed by atoms with Gasteiger partial charge in [0.15, 0.2) is 0 Å². The molecule has 0 aliphatic carbocycles. The minimum atomic E-state index is 0.0868. The molecule has 0 bridgehead atoms. The zero-order chi connectivity index (χ0) is 8.72. The molecule has 2 aliphatic heterocycles. The summed E-state index contributed by atoms with van der Waals surface area (Å²) in [5.74, 6) is 0.797. The normalized spacial score (nSPS) is 28.2. The maximum absolute atomic E-state index is 11.1. The highest BCUT2D eigenvalue weighted by Gasteiger charge is 2.42. The van der Waals surface area contributed by atoms with Crippen LogP contribution in [0.25, 0.3) is 0 Å². The van der Waals surface area contributed by atoms with Crippen molar-refractivity contribution in [3.05, 3.63) is 12.3 Å². The van der Waals surface area contributed by atoms with E-state index in [2.05, 4.69) is 6.58 Å². The van der Waals surface area contributed by atoms with Crippen molar-refractivity contribution in [1.82, 2.24) is 4.90 Å². The Bertz CT molecular complexity index is 319. The number of nitrogens with zero attached hydrogens (tertiary/aromatic N) is 1. The van der Waals surface area contributed by atoms with E-state index in [4.69, 9.17) is 0 Å². The molecule has 0 N–H and O–H groups in total. The van der Waals surface area contributed by atoms with Crippen LogP contribution in [0.4, 0.5) is 0 Å². The third kappa shape index (κ3) is 0.964. The lowest BCUT2D eigenvalue weighted by Crippen LogP contribution is -2.54. The van der Waals surface area contributed by atoms with Crippen molar-refractivity contribution >= 4 is 33.8 Å². The summed E-state index contributed by atoms with van der Waals surface area (Å²) in [5.41, 5.74) is 0.620. The van der Waals surface area contributed by atoms with E-state index in [-0.39, 0.29) is 11.3 Å². The summed E-state index contributed by atoms with van der Waals surface area (Å²) in [6.45, 7) is 3.73. The predicted octanol–water partition coefficient (Wildman–Crippen LogP) is 0.191. The predicted molar refractivity (Wildman–Crippen MR) is 50.0 cm³/mol. The first-order chi connectivity index (χ1) is 5.74. The van der Waals surface area contributed by atoms with Gasteiger partial charge in [-0.3, -0.25) is 9.69 Å². The van der Waals surface area contributed by atoms with Gasteiger partial charge in [0.25, 0.3) is 0 Å². The summed E-state index contributed by atoms with van der Waals surface area (Å²) in [6.07, 6.45) is 0.598. The van der Waals surface area contributed by atoms with Crippen molar-refractivity contribution in [2.24, 2.45) is 0 Å². The van der Waals surface area contributed by atoms with Gasteiger partial charge in [-0.1, -0.05) is 6.58 Å². The molecule has 1 amide bonds. The fourth-order valence-electron chi connectivity index (χ4n) is 1.31. The van der Waals surface area contributed by atoms with Gasteiger partial charge in [-0.15, -0.1) is 11.8 Å². The Hall–Kier alpha value is -0.550. The number of amides is 1. The average Bonchev–Trinajstić information content (AvgIpc) is 2.02. The van der Waals surface area contributed by atoms with Crippen LogP contribution in [0.3, 0.4) is 0 Å². The van der Waals surface area contributed by atoms with Gasteiger partial charge in [0.05, 0.1) is 33.6 Å². The maximum atomic E-state index is 11.1. The van der Waals surface area contributed by atoms with Gasteiger partial charge < -0.3 is 0 Å². The minimum absolute atomic E-state index is 0.0868. The summed E-state index contributed by atoms with van der Waals surface area (Å²) in [5, 5.41) is 0.251. The Morgan fingerprint density at radius 3 is 3.00 bits per heavy atom. The van der Waals surface area contributed by atoms with E-state index in [0.717, 1.165) is 0 Å². The van der Waals surface area contributed by atoms with Crippen LogP contribution >= 0.6 is 11.8 Å². The number of β-lactam (4-membered cyclic amide) rings is 1. The number of rotatable bonds is 0. The zero-order valence-electron chi connectivity index (χ0n) is 6.28. The van der Waals surface area contributed by atoms with E-state index in [0.29, 0.717) is 34.0 Å². The SMILES string of the molecule is C=C1C(=S=O)CS[C@@H]2CC(=O)N12. The van der Waals surface area contributed by atoms with Gasteiger partial charge in [0.1, 0.15) is 0 Å². The Balaban J connectivity index is 2.28. The van der Waals surface area contributed by atoms with Gasteiger partial charge in [-0.2, -0.15) is 0 Å². The van der Waals surface area contributed by atoms with Gasteiger partial charge in [-0.05, 0) is 0 Å². The lowest BCUT2D eigenvalue weighted by atomic mass is 10.1. The Kier molecular flexibility index (Phi) is 1.84. The first kappa shape index (κ1) is 8.07. The molecule has 0 aromatic carbocycles. The van der Waals surface area contributed by atoms with Crippen LogP contribution in [0.2, 0.25) is 0 Å². The van der Waals surface area contributed by atoms with Crippen molar-refractivity contribution in [3.63, 3.8) is 0 Å². The molecular formula is C7H7NO2S2. The summed E-state index contributed by atoms with van der Waals surface area (Å²) < 4.78 is 10.5. The van der Waals surface area contributed by atoms with Gasteiger partial charge >= 0.3 is 0 Å². The van der Waals surface area contributed by atoms with Gasteiger partial charge in [-0.25, -0.2) is 4.21 Å². The third-order valence-corrected chi connectivity index (χ3v) is 4.01. The van der Waals surface area contributed by atoms with E-state index in [1.54, 1.807) is 16.7 Å². The first-order valence-corrected chi connectivity index (χ1v) is 5.31. The smallest absolute Gasteiger partial charge is 0.230 e. The quantitative estimate of drug-likeness (QED) is 0.319. The lowest BCUT2D eigenvalue weighted by Gasteiger charge is -2.44. The number of thioether (sulfide) groups is 1. The number of carbonyl (C=O) groups excluding carboxylic acids is 1. The molecule has 0 saturated carbocycles. The van der Waals surface area contributed by atoms with Crippen molar-refractivity contribution < 1.29 is 9.00 Å². The average molecular weight is 201 g/mol. The molecule has 5 heteroatoms. The summed E-state index contributed by atoms with van der Waals surface area (Å²) in [4.78, 5) is 13.4. The summed E-state index contributed by atoms with van der Waals surface area (Å²) in [7, 11) is 0. The molecule has 0 radical (unpaired) electrons. The standard InChI is InChI=1S/C7H7NO2S2/c1-4-5(12-10)3-11-7-2-6(9)8(4)7/h7H,1-3H2/t7-/m1/s1. The lowest BCUT2D eigenvalue weighted by molar-refractivity contribution is -0.138. The molecule has 2 heterocycles. The molecule has 0 unspecified atom stereocenters. The van der Waals surface area contributed by atoms with E-state index >= 15 is 0 Å². The Morgan fingerprint density at radius 1 is 1.67 bits per heavy atom. The molecule has 0 aromatic rings. The van der Waals surface area contributed by atoms with Gasteiger partial charge in [0, 0.05) is 5.75 Å². The van der Waals surface area contributed by atoms with Crippen LogP contribution in [-0.2, 0) is 16.1 Å². The number of fused-ring (bicyclic) bond motifs is 1. The molecule has 0 aromatic heterocycles. The molecule has 12 heavy (non-hydrogen) atoms. The molecule has 2 fully saturated rings. The van der Waals surface area contributed by atoms with Crippen molar-refractivity contribution in [2.75, 3.05) is 5.75 Å². The van der Waals surface area contributed by atoms with Crippen LogP contribution in [0.15, 0.2) is 12.3 Å². The number of allylic oxidation sites excluding steroid dienone is 1. The highest BCUT2D eigenvalue weighted by Crippen LogP contribution is 2.37.